The van der Waals surface area contributed by atoms with E-state index in [-0.39, 0.29) is 0 Å². The number of para-hydroxylation sites is 1. The molecule has 0 radical (unpaired) electrons. The van der Waals surface area contributed by atoms with E-state index < -0.39 is 0 Å². The predicted octanol–water partition coefficient (Wildman–Crippen LogP) is 9.48. The highest BCUT2D eigenvalue weighted by atomic mass is 16.3. The molecule has 4 heteroatoms. The zero-order valence-electron chi connectivity index (χ0n) is 22.9. The largest absolute Gasteiger partial charge is 0.437 e. The van der Waals surface area contributed by atoms with Crippen LogP contribution in [0.3, 0.4) is 0 Å². The molecule has 0 fully saturated rings. The Labute approximate surface area is 237 Å². The first-order valence-electron chi connectivity index (χ1n) is 14.0. The van der Waals surface area contributed by atoms with E-state index in [1.165, 1.54) is 27.5 Å². The predicted molar refractivity (Wildman–Crippen MR) is 168 cm³/mol. The van der Waals surface area contributed by atoms with Crippen LogP contribution in [0.2, 0.25) is 0 Å². The number of furan rings is 1. The Bertz CT molecular complexity index is 2240. The van der Waals surface area contributed by atoms with Crippen molar-refractivity contribution in [1.29, 1.82) is 0 Å². The van der Waals surface area contributed by atoms with Crippen molar-refractivity contribution in [2.75, 3.05) is 0 Å². The van der Waals surface area contributed by atoms with E-state index in [4.69, 9.17) is 14.4 Å². The first-order valence-corrected chi connectivity index (χ1v) is 14.0. The third-order valence-corrected chi connectivity index (χ3v) is 8.16. The Balaban J connectivity index is 1.39. The molecule has 0 saturated heterocycles. The lowest BCUT2D eigenvalue weighted by Crippen LogP contribution is -2.02. The molecule has 41 heavy (non-hydrogen) atoms. The lowest BCUT2D eigenvalue weighted by molar-refractivity contribution is 0.654. The Kier molecular flexibility index (Phi) is 5.29. The van der Waals surface area contributed by atoms with E-state index in [1.807, 2.05) is 0 Å². The lowest BCUT2D eigenvalue weighted by atomic mass is 9.99. The molecule has 0 aliphatic rings. The maximum absolute atomic E-state index is 6.60. The standard InChI is InChI=1S/C37H27N3O/c1-23-10-8-11-24(2)33(23)31-21-19-29-28-16-9-17-30(35(28)41-37(29)39-31)36-38-32-20-18-26-14-6-7-15-27(26)34(32)40(36)22-25-12-4-3-5-13-25/h3-21H,22H2,1-2H3. The van der Waals surface area contributed by atoms with Crippen molar-refractivity contribution in [2.45, 2.75) is 20.4 Å². The molecule has 0 N–H and O–H groups in total. The third-order valence-electron chi connectivity index (χ3n) is 8.16. The van der Waals surface area contributed by atoms with Crippen LogP contribution < -0.4 is 0 Å². The zero-order valence-corrected chi connectivity index (χ0v) is 22.9. The van der Waals surface area contributed by atoms with Crippen LogP contribution in [0.25, 0.3) is 66.5 Å². The number of fused-ring (bicyclic) bond motifs is 6. The molecule has 8 aromatic rings. The van der Waals surface area contributed by atoms with Gasteiger partial charge in [0.15, 0.2) is 0 Å². The molecule has 0 atom stereocenters. The molecule has 3 aromatic heterocycles. The van der Waals surface area contributed by atoms with Gasteiger partial charge < -0.3 is 8.98 Å². The van der Waals surface area contributed by atoms with Gasteiger partial charge in [0.25, 0.3) is 0 Å². The number of hydrogen-bond acceptors (Lipinski definition) is 3. The summed E-state index contributed by atoms with van der Waals surface area (Å²) in [5.74, 6) is 0.889. The zero-order chi connectivity index (χ0) is 27.5. The average molecular weight is 530 g/mol. The summed E-state index contributed by atoms with van der Waals surface area (Å²) in [7, 11) is 0. The molecular formula is C37H27N3O. The van der Waals surface area contributed by atoms with E-state index in [1.54, 1.807) is 0 Å². The van der Waals surface area contributed by atoms with Gasteiger partial charge in [-0.05, 0) is 60.2 Å². The molecule has 0 aliphatic carbocycles. The van der Waals surface area contributed by atoms with Crippen molar-refractivity contribution in [2.24, 2.45) is 0 Å². The minimum absolute atomic E-state index is 0.642. The third kappa shape index (κ3) is 3.75. The maximum atomic E-state index is 6.60. The Morgan fingerprint density at radius 1 is 0.634 bits per heavy atom. The fourth-order valence-electron chi connectivity index (χ4n) is 6.24. The van der Waals surface area contributed by atoms with Gasteiger partial charge in [-0.3, -0.25) is 0 Å². The van der Waals surface area contributed by atoms with Crippen molar-refractivity contribution in [3.05, 3.63) is 132 Å². The average Bonchev–Trinajstić information content (AvgIpc) is 3.56. The fourth-order valence-corrected chi connectivity index (χ4v) is 6.24. The van der Waals surface area contributed by atoms with Gasteiger partial charge in [-0.15, -0.1) is 0 Å². The molecule has 0 aliphatic heterocycles. The van der Waals surface area contributed by atoms with Crippen LogP contribution in [-0.4, -0.2) is 14.5 Å². The molecule has 0 amide bonds. The van der Waals surface area contributed by atoms with Gasteiger partial charge in [-0.25, -0.2) is 9.97 Å². The van der Waals surface area contributed by atoms with E-state index >= 15 is 0 Å². The summed E-state index contributed by atoms with van der Waals surface area (Å²) in [6.07, 6.45) is 0. The second kappa shape index (κ2) is 9.17. The van der Waals surface area contributed by atoms with Crippen LogP contribution >= 0.6 is 0 Å². The highest BCUT2D eigenvalue weighted by molar-refractivity contribution is 6.10. The van der Waals surface area contributed by atoms with Gasteiger partial charge in [-0.2, -0.15) is 0 Å². The number of hydrogen-bond donors (Lipinski definition) is 0. The topological polar surface area (TPSA) is 43.9 Å². The minimum atomic E-state index is 0.642. The van der Waals surface area contributed by atoms with E-state index in [9.17, 15) is 0 Å². The minimum Gasteiger partial charge on any atom is -0.437 e. The number of aryl methyl sites for hydroxylation is 2. The molecule has 4 nitrogen and oxygen atoms in total. The van der Waals surface area contributed by atoms with Crippen LogP contribution in [-0.2, 0) is 6.54 Å². The molecule has 0 spiro atoms. The maximum Gasteiger partial charge on any atom is 0.227 e. The number of rotatable bonds is 4. The Morgan fingerprint density at radius 3 is 2.24 bits per heavy atom. The van der Waals surface area contributed by atoms with Crippen LogP contribution in [0.1, 0.15) is 16.7 Å². The Morgan fingerprint density at radius 2 is 1.39 bits per heavy atom. The monoisotopic (exact) mass is 529 g/mol. The van der Waals surface area contributed by atoms with Gasteiger partial charge >= 0.3 is 0 Å². The molecular weight excluding hydrogens is 502 g/mol. The summed E-state index contributed by atoms with van der Waals surface area (Å²) in [6, 6.07) is 40.3. The highest BCUT2D eigenvalue weighted by Gasteiger charge is 2.21. The quantitative estimate of drug-likeness (QED) is 0.228. The van der Waals surface area contributed by atoms with Gasteiger partial charge in [0.2, 0.25) is 5.71 Å². The molecule has 3 heterocycles. The van der Waals surface area contributed by atoms with Crippen LogP contribution in [0.5, 0.6) is 0 Å². The van der Waals surface area contributed by atoms with E-state index in [0.29, 0.717) is 12.3 Å². The highest BCUT2D eigenvalue weighted by Crippen LogP contribution is 2.39. The van der Waals surface area contributed by atoms with Crippen molar-refractivity contribution in [3.8, 4) is 22.6 Å². The van der Waals surface area contributed by atoms with Crippen molar-refractivity contribution < 1.29 is 4.42 Å². The van der Waals surface area contributed by atoms with Crippen LogP contribution in [0.4, 0.5) is 0 Å². The fraction of sp³-hybridized carbons (Fsp3) is 0.0811. The first kappa shape index (κ1) is 23.6. The van der Waals surface area contributed by atoms with Gasteiger partial charge in [0.05, 0.1) is 22.3 Å². The summed E-state index contributed by atoms with van der Waals surface area (Å²) in [4.78, 5) is 10.2. The molecule has 196 valence electrons. The van der Waals surface area contributed by atoms with Crippen LogP contribution in [0, 0.1) is 13.8 Å². The molecule has 0 saturated carbocycles. The van der Waals surface area contributed by atoms with Crippen LogP contribution in [0.15, 0.2) is 120 Å². The van der Waals surface area contributed by atoms with Gasteiger partial charge in [-0.1, -0.05) is 91.0 Å². The normalized spacial score (nSPS) is 11.8. The van der Waals surface area contributed by atoms with Crippen molar-refractivity contribution in [3.63, 3.8) is 0 Å². The van der Waals surface area contributed by atoms with Gasteiger partial charge in [0, 0.05) is 28.3 Å². The van der Waals surface area contributed by atoms with Crippen molar-refractivity contribution >= 4 is 43.9 Å². The van der Waals surface area contributed by atoms with E-state index in [2.05, 4.69) is 134 Å². The second-order valence-corrected chi connectivity index (χ2v) is 10.8. The number of pyridine rings is 1. The second-order valence-electron chi connectivity index (χ2n) is 10.8. The van der Waals surface area contributed by atoms with E-state index in [0.717, 1.165) is 50.0 Å². The summed E-state index contributed by atoms with van der Waals surface area (Å²) in [6.45, 7) is 4.96. The smallest absolute Gasteiger partial charge is 0.227 e. The number of imidazole rings is 1. The number of nitrogens with zero attached hydrogens (tertiary/aromatic N) is 3. The number of benzene rings is 5. The van der Waals surface area contributed by atoms with Gasteiger partial charge in [0.1, 0.15) is 11.4 Å². The lowest BCUT2D eigenvalue weighted by Gasteiger charge is -2.11. The first-order chi connectivity index (χ1) is 20.2. The summed E-state index contributed by atoms with van der Waals surface area (Å²) in [5, 5.41) is 4.44. The molecule has 8 rings (SSSR count). The van der Waals surface area contributed by atoms with Crippen molar-refractivity contribution in [1.82, 2.24) is 14.5 Å². The molecule has 5 aromatic carbocycles. The molecule has 0 bridgehead atoms. The number of aromatic nitrogens is 3. The summed E-state index contributed by atoms with van der Waals surface area (Å²) in [5.41, 5.74) is 10.2. The molecule has 0 unspecified atom stereocenters. The summed E-state index contributed by atoms with van der Waals surface area (Å²) >= 11 is 0. The SMILES string of the molecule is Cc1cccc(C)c1-c1ccc2c(n1)oc1c(-c3nc4ccc5ccccc5c4n3Cc3ccccc3)cccc12. The Hall–Kier alpha value is -5.22. The summed E-state index contributed by atoms with van der Waals surface area (Å²) < 4.78 is 8.94.